The van der Waals surface area contributed by atoms with Crippen LogP contribution in [0.4, 0.5) is 5.69 Å². The first kappa shape index (κ1) is 16.0. The number of carbonyl (C=O) groups is 1. The molecule has 0 aliphatic heterocycles. The molecule has 2 aromatic rings. The van der Waals surface area contributed by atoms with Gasteiger partial charge < -0.3 is 15.5 Å². The number of anilines is 1. The molecule has 5 heteroatoms. The highest BCUT2D eigenvalue weighted by atomic mass is 16.2. The van der Waals surface area contributed by atoms with Crippen molar-refractivity contribution < 1.29 is 4.79 Å². The number of hydrogen-bond acceptors (Lipinski definition) is 4. The van der Waals surface area contributed by atoms with E-state index in [1.165, 1.54) is 6.20 Å². The summed E-state index contributed by atoms with van der Waals surface area (Å²) in [6.45, 7) is 2.01. The molecular formula is C17H22N4O. The molecule has 1 aromatic carbocycles. The van der Waals surface area contributed by atoms with Crippen LogP contribution in [0.1, 0.15) is 16.1 Å². The Bertz CT molecular complexity index is 596. The molecule has 1 heterocycles. The van der Waals surface area contributed by atoms with E-state index >= 15 is 0 Å². The monoisotopic (exact) mass is 298 g/mol. The van der Waals surface area contributed by atoms with E-state index in [1.807, 2.05) is 49.3 Å². The van der Waals surface area contributed by atoms with Crippen molar-refractivity contribution in [2.24, 2.45) is 0 Å². The summed E-state index contributed by atoms with van der Waals surface area (Å²) in [7, 11) is 3.99. The number of nitrogens with zero attached hydrogens (tertiary/aromatic N) is 3. The molecule has 0 saturated heterocycles. The quantitative estimate of drug-likeness (QED) is 0.884. The number of pyridine rings is 1. The van der Waals surface area contributed by atoms with E-state index in [4.69, 9.17) is 5.73 Å². The SMILES string of the molecule is CN(C)CCN(Cc1ccccc1)C(=O)c1ccc(N)cn1. The zero-order chi connectivity index (χ0) is 15.9. The fourth-order valence-corrected chi connectivity index (χ4v) is 2.07. The zero-order valence-corrected chi connectivity index (χ0v) is 13.1. The Hall–Kier alpha value is -2.40. The molecule has 5 nitrogen and oxygen atoms in total. The maximum absolute atomic E-state index is 12.7. The third-order valence-electron chi connectivity index (χ3n) is 3.33. The minimum Gasteiger partial charge on any atom is -0.397 e. The minimum absolute atomic E-state index is 0.0781. The highest BCUT2D eigenvalue weighted by molar-refractivity contribution is 5.92. The van der Waals surface area contributed by atoms with Gasteiger partial charge in [-0.3, -0.25) is 4.79 Å². The van der Waals surface area contributed by atoms with Crippen molar-refractivity contribution in [3.63, 3.8) is 0 Å². The number of likely N-dealkylation sites (N-methyl/N-ethyl adjacent to an activating group) is 1. The van der Waals surface area contributed by atoms with Crippen LogP contribution in [0.2, 0.25) is 0 Å². The molecule has 22 heavy (non-hydrogen) atoms. The first-order valence-corrected chi connectivity index (χ1v) is 7.25. The molecular weight excluding hydrogens is 276 g/mol. The Kier molecular flexibility index (Phi) is 5.49. The molecule has 116 valence electrons. The van der Waals surface area contributed by atoms with Crippen molar-refractivity contribution in [3.05, 3.63) is 59.9 Å². The number of hydrogen-bond donors (Lipinski definition) is 1. The molecule has 1 aromatic heterocycles. The average Bonchev–Trinajstić information content (AvgIpc) is 2.52. The summed E-state index contributed by atoms with van der Waals surface area (Å²) in [6, 6.07) is 13.3. The molecule has 0 fully saturated rings. The van der Waals surface area contributed by atoms with Crippen molar-refractivity contribution in [1.29, 1.82) is 0 Å². The van der Waals surface area contributed by atoms with Crippen LogP contribution >= 0.6 is 0 Å². The van der Waals surface area contributed by atoms with Crippen molar-refractivity contribution >= 4 is 11.6 Å². The van der Waals surface area contributed by atoms with Gasteiger partial charge in [0.15, 0.2) is 0 Å². The van der Waals surface area contributed by atoms with Gasteiger partial charge in [-0.25, -0.2) is 4.98 Å². The van der Waals surface area contributed by atoms with Crippen LogP contribution in [0.5, 0.6) is 0 Å². The standard InChI is InChI=1S/C17H22N4O/c1-20(2)10-11-21(13-14-6-4-3-5-7-14)17(22)16-9-8-15(18)12-19-16/h3-9,12H,10-11,13,18H2,1-2H3. The Morgan fingerprint density at radius 1 is 1.09 bits per heavy atom. The lowest BCUT2D eigenvalue weighted by molar-refractivity contribution is 0.0726. The zero-order valence-electron chi connectivity index (χ0n) is 13.1. The van der Waals surface area contributed by atoms with Gasteiger partial charge in [-0.15, -0.1) is 0 Å². The van der Waals surface area contributed by atoms with Crippen LogP contribution in [0.25, 0.3) is 0 Å². The van der Waals surface area contributed by atoms with Crippen molar-refractivity contribution in [1.82, 2.24) is 14.8 Å². The number of rotatable bonds is 6. The molecule has 0 aliphatic carbocycles. The summed E-state index contributed by atoms with van der Waals surface area (Å²) in [5, 5.41) is 0. The number of carbonyl (C=O) groups excluding carboxylic acids is 1. The molecule has 0 bridgehead atoms. The number of aromatic nitrogens is 1. The van der Waals surface area contributed by atoms with Gasteiger partial charge in [-0.1, -0.05) is 30.3 Å². The fraction of sp³-hybridized carbons (Fsp3) is 0.294. The Balaban J connectivity index is 2.15. The van der Waals surface area contributed by atoms with Crippen LogP contribution in [0.3, 0.4) is 0 Å². The largest absolute Gasteiger partial charge is 0.397 e. The predicted octanol–water partition coefficient (Wildman–Crippen LogP) is 1.87. The first-order chi connectivity index (χ1) is 10.6. The van der Waals surface area contributed by atoms with Gasteiger partial charge in [-0.2, -0.15) is 0 Å². The fourth-order valence-electron chi connectivity index (χ4n) is 2.07. The third-order valence-corrected chi connectivity index (χ3v) is 3.33. The van der Waals surface area contributed by atoms with E-state index < -0.39 is 0 Å². The molecule has 0 unspecified atom stereocenters. The summed E-state index contributed by atoms with van der Waals surface area (Å²) in [5.74, 6) is -0.0781. The van der Waals surface area contributed by atoms with E-state index in [1.54, 1.807) is 12.1 Å². The van der Waals surface area contributed by atoms with E-state index in [-0.39, 0.29) is 5.91 Å². The highest BCUT2D eigenvalue weighted by Crippen LogP contribution is 2.10. The van der Waals surface area contributed by atoms with E-state index in [0.717, 1.165) is 12.1 Å². The summed E-state index contributed by atoms with van der Waals surface area (Å²) in [5.41, 5.74) is 7.71. The second-order valence-corrected chi connectivity index (χ2v) is 5.49. The second-order valence-electron chi connectivity index (χ2n) is 5.49. The number of benzene rings is 1. The van der Waals surface area contributed by atoms with E-state index in [9.17, 15) is 4.79 Å². The summed E-state index contributed by atoms with van der Waals surface area (Å²) in [6.07, 6.45) is 1.51. The van der Waals surface area contributed by atoms with Crippen molar-refractivity contribution in [2.45, 2.75) is 6.54 Å². The smallest absolute Gasteiger partial charge is 0.272 e. The van der Waals surface area contributed by atoms with Crippen LogP contribution in [0.15, 0.2) is 48.7 Å². The topological polar surface area (TPSA) is 62.5 Å². The van der Waals surface area contributed by atoms with Crippen LogP contribution in [-0.4, -0.2) is 47.9 Å². The molecule has 0 radical (unpaired) electrons. The lowest BCUT2D eigenvalue weighted by Crippen LogP contribution is -2.36. The lowest BCUT2D eigenvalue weighted by atomic mass is 10.2. The van der Waals surface area contributed by atoms with Crippen molar-refractivity contribution in [3.8, 4) is 0 Å². The highest BCUT2D eigenvalue weighted by Gasteiger charge is 2.17. The lowest BCUT2D eigenvalue weighted by Gasteiger charge is -2.24. The molecule has 0 spiro atoms. The van der Waals surface area contributed by atoms with Crippen LogP contribution in [0, 0.1) is 0 Å². The summed E-state index contributed by atoms with van der Waals surface area (Å²) < 4.78 is 0. The van der Waals surface area contributed by atoms with E-state index in [2.05, 4.69) is 9.88 Å². The number of nitrogens with two attached hydrogens (primary N) is 1. The Labute approximate surface area is 131 Å². The number of nitrogen functional groups attached to an aromatic ring is 1. The molecule has 2 N–H and O–H groups in total. The average molecular weight is 298 g/mol. The maximum Gasteiger partial charge on any atom is 0.272 e. The third kappa shape index (κ3) is 4.56. The predicted molar refractivity (Wildman–Crippen MR) is 88.4 cm³/mol. The number of amides is 1. The molecule has 0 atom stereocenters. The van der Waals surface area contributed by atoms with Crippen molar-refractivity contribution in [2.75, 3.05) is 32.9 Å². The van der Waals surface area contributed by atoms with Gasteiger partial charge >= 0.3 is 0 Å². The van der Waals surface area contributed by atoms with E-state index in [0.29, 0.717) is 24.5 Å². The van der Waals surface area contributed by atoms with Gasteiger partial charge in [0, 0.05) is 19.6 Å². The molecule has 1 amide bonds. The molecule has 2 rings (SSSR count). The van der Waals surface area contributed by atoms with Gasteiger partial charge in [-0.05, 0) is 31.8 Å². The maximum atomic E-state index is 12.7. The minimum atomic E-state index is -0.0781. The Morgan fingerprint density at radius 3 is 2.41 bits per heavy atom. The molecule has 0 aliphatic rings. The van der Waals surface area contributed by atoms with Gasteiger partial charge in [0.05, 0.1) is 11.9 Å². The first-order valence-electron chi connectivity index (χ1n) is 7.25. The normalized spacial score (nSPS) is 10.7. The second kappa shape index (κ2) is 7.56. The summed E-state index contributed by atoms with van der Waals surface area (Å²) >= 11 is 0. The van der Waals surface area contributed by atoms with Gasteiger partial charge in [0.2, 0.25) is 0 Å². The van der Waals surface area contributed by atoms with Gasteiger partial charge in [0.1, 0.15) is 5.69 Å². The van der Waals surface area contributed by atoms with Crippen LogP contribution in [-0.2, 0) is 6.54 Å². The Morgan fingerprint density at radius 2 is 1.82 bits per heavy atom. The summed E-state index contributed by atoms with van der Waals surface area (Å²) in [4.78, 5) is 20.7. The van der Waals surface area contributed by atoms with Crippen LogP contribution < -0.4 is 5.73 Å². The molecule has 0 saturated carbocycles. The van der Waals surface area contributed by atoms with Gasteiger partial charge in [0.25, 0.3) is 5.91 Å².